The fourth-order valence-electron chi connectivity index (χ4n) is 3.97. The van der Waals surface area contributed by atoms with Gasteiger partial charge in [0.2, 0.25) is 0 Å². The standard InChI is InChI=1S/C19H25ClN4O/c20-18-4-1-7-21-19(18)24-12-10-23(11-13-24)16-5-8-22(9-6-16)15-17-3-2-14-25-17/h1-4,7,14,16H,5-6,8-13,15H2. The number of anilines is 1. The molecule has 2 fully saturated rings. The molecule has 0 bridgehead atoms. The highest BCUT2D eigenvalue weighted by molar-refractivity contribution is 6.32. The van der Waals surface area contributed by atoms with E-state index in [-0.39, 0.29) is 0 Å². The first-order valence-electron chi connectivity index (χ1n) is 9.14. The van der Waals surface area contributed by atoms with Crippen LogP contribution in [0, 0.1) is 0 Å². The number of hydrogen-bond donors (Lipinski definition) is 0. The smallest absolute Gasteiger partial charge is 0.147 e. The average molecular weight is 361 g/mol. The zero-order chi connectivity index (χ0) is 17.1. The van der Waals surface area contributed by atoms with Gasteiger partial charge in [0.05, 0.1) is 17.8 Å². The Kier molecular flexibility index (Phi) is 5.25. The second-order valence-electron chi connectivity index (χ2n) is 6.92. The highest BCUT2D eigenvalue weighted by Gasteiger charge is 2.28. The van der Waals surface area contributed by atoms with E-state index in [1.807, 2.05) is 24.4 Å². The van der Waals surface area contributed by atoms with Gasteiger partial charge >= 0.3 is 0 Å². The summed E-state index contributed by atoms with van der Waals surface area (Å²) in [5.74, 6) is 2.00. The normalized spacial score (nSPS) is 20.9. The van der Waals surface area contributed by atoms with Crippen molar-refractivity contribution in [2.24, 2.45) is 0 Å². The fourth-order valence-corrected chi connectivity index (χ4v) is 4.22. The molecule has 4 heterocycles. The first-order valence-corrected chi connectivity index (χ1v) is 9.51. The average Bonchev–Trinajstić information content (AvgIpc) is 3.16. The summed E-state index contributed by atoms with van der Waals surface area (Å²) >= 11 is 6.29. The maximum atomic E-state index is 6.29. The molecule has 6 heteroatoms. The van der Waals surface area contributed by atoms with Crippen molar-refractivity contribution < 1.29 is 4.42 Å². The molecule has 25 heavy (non-hydrogen) atoms. The van der Waals surface area contributed by atoms with Crippen molar-refractivity contribution in [3.05, 3.63) is 47.5 Å². The first kappa shape index (κ1) is 16.9. The molecule has 0 spiro atoms. The Balaban J connectivity index is 1.26. The molecule has 0 N–H and O–H groups in total. The Bertz CT molecular complexity index is 662. The highest BCUT2D eigenvalue weighted by atomic mass is 35.5. The lowest BCUT2D eigenvalue weighted by molar-refractivity contribution is 0.0961. The third-order valence-electron chi connectivity index (χ3n) is 5.39. The first-order chi connectivity index (χ1) is 12.3. The second kappa shape index (κ2) is 7.77. The molecule has 2 aromatic heterocycles. The second-order valence-corrected chi connectivity index (χ2v) is 7.33. The molecular weight excluding hydrogens is 336 g/mol. The van der Waals surface area contributed by atoms with E-state index in [1.165, 1.54) is 12.8 Å². The molecule has 0 aromatic carbocycles. The maximum Gasteiger partial charge on any atom is 0.147 e. The van der Waals surface area contributed by atoms with Crippen LogP contribution < -0.4 is 4.90 Å². The van der Waals surface area contributed by atoms with E-state index in [0.717, 1.165) is 62.4 Å². The Morgan fingerprint density at radius 1 is 1.04 bits per heavy atom. The molecule has 0 atom stereocenters. The topological polar surface area (TPSA) is 35.8 Å². The van der Waals surface area contributed by atoms with Gasteiger partial charge in [-0.3, -0.25) is 9.80 Å². The van der Waals surface area contributed by atoms with Crippen molar-refractivity contribution in [2.75, 3.05) is 44.2 Å². The van der Waals surface area contributed by atoms with Crippen LogP contribution in [0.5, 0.6) is 0 Å². The van der Waals surface area contributed by atoms with E-state index in [4.69, 9.17) is 16.0 Å². The summed E-state index contributed by atoms with van der Waals surface area (Å²) in [7, 11) is 0. The number of likely N-dealkylation sites (tertiary alicyclic amines) is 1. The molecule has 0 aliphatic carbocycles. The van der Waals surface area contributed by atoms with Crippen LogP contribution in [0.2, 0.25) is 5.02 Å². The van der Waals surface area contributed by atoms with Gasteiger partial charge in [0.15, 0.2) is 0 Å². The number of pyridine rings is 1. The lowest BCUT2D eigenvalue weighted by Gasteiger charge is -2.43. The predicted octanol–water partition coefficient (Wildman–Crippen LogP) is 3.11. The highest BCUT2D eigenvalue weighted by Crippen LogP contribution is 2.25. The van der Waals surface area contributed by atoms with Gasteiger partial charge in [0.1, 0.15) is 11.6 Å². The third-order valence-corrected chi connectivity index (χ3v) is 5.68. The van der Waals surface area contributed by atoms with Crippen LogP contribution in [0.4, 0.5) is 5.82 Å². The molecule has 2 aliphatic rings. The quantitative estimate of drug-likeness (QED) is 0.837. The van der Waals surface area contributed by atoms with Gasteiger partial charge in [-0.05, 0) is 37.1 Å². The zero-order valence-corrected chi connectivity index (χ0v) is 15.2. The number of hydrogen-bond acceptors (Lipinski definition) is 5. The van der Waals surface area contributed by atoms with Crippen molar-refractivity contribution in [1.82, 2.24) is 14.8 Å². The number of rotatable bonds is 4. The molecule has 2 aliphatic heterocycles. The van der Waals surface area contributed by atoms with Gasteiger partial charge in [0, 0.05) is 51.5 Å². The maximum absolute atomic E-state index is 6.29. The number of piperidine rings is 1. The van der Waals surface area contributed by atoms with Crippen LogP contribution >= 0.6 is 11.6 Å². The molecule has 2 aromatic rings. The molecule has 0 radical (unpaired) electrons. The van der Waals surface area contributed by atoms with Gasteiger partial charge in [-0.15, -0.1) is 0 Å². The summed E-state index contributed by atoms with van der Waals surface area (Å²) in [4.78, 5) is 11.9. The molecule has 5 nitrogen and oxygen atoms in total. The lowest BCUT2D eigenvalue weighted by Crippen LogP contribution is -2.53. The number of furan rings is 1. The van der Waals surface area contributed by atoms with Gasteiger partial charge in [-0.25, -0.2) is 4.98 Å². The van der Waals surface area contributed by atoms with Crippen LogP contribution in [0.3, 0.4) is 0 Å². The summed E-state index contributed by atoms with van der Waals surface area (Å²) in [6, 6.07) is 8.54. The van der Waals surface area contributed by atoms with Crippen LogP contribution in [-0.4, -0.2) is 60.1 Å². The summed E-state index contributed by atoms with van der Waals surface area (Å²) in [6.07, 6.45) is 6.06. The van der Waals surface area contributed by atoms with Crippen molar-refractivity contribution in [1.29, 1.82) is 0 Å². The molecule has 4 rings (SSSR count). The van der Waals surface area contributed by atoms with Gasteiger partial charge in [-0.1, -0.05) is 11.6 Å². The Labute approximate surface area is 154 Å². The number of piperazine rings is 1. The fraction of sp³-hybridized carbons (Fsp3) is 0.526. The van der Waals surface area contributed by atoms with Crippen LogP contribution in [0.15, 0.2) is 41.1 Å². The van der Waals surface area contributed by atoms with Crippen molar-refractivity contribution in [3.63, 3.8) is 0 Å². The minimum atomic E-state index is 0.703. The molecular formula is C19H25ClN4O. The molecule has 0 amide bonds. The molecule has 0 saturated carbocycles. The van der Waals surface area contributed by atoms with Gasteiger partial charge in [-0.2, -0.15) is 0 Å². The summed E-state index contributed by atoms with van der Waals surface area (Å²) in [6.45, 7) is 7.43. The summed E-state index contributed by atoms with van der Waals surface area (Å²) in [5, 5.41) is 0.752. The van der Waals surface area contributed by atoms with E-state index >= 15 is 0 Å². The van der Waals surface area contributed by atoms with E-state index in [9.17, 15) is 0 Å². The SMILES string of the molecule is Clc1cccnc1N1CCN(C2CCN(Cc3ccco3)CC2)CC1. The van der Waals surface area contributed by atoms with Crippen molar-refractivity contribution >= 4 is 17.4 Å². The Morgan fingerprint density at radius 2 is 1.84 bits per heavy atom. The Morgan fingerprint density at radius 3 is 2.52 bits per heavy atom. The number of halogens is 1. The van der Waals surface area contributed by atoms with Crippen LogP contribution in [0.1, 0.15) is 18.6 Å². The van der Waals surface area contributed by atoms with Crippen LogP contribution in [-0.2, 0) is 6.54 Å². The van der Waals surface area contributed by atoms with Gasteiger partial charge in [0.25, 0.3) is 0 Å². The van der Waals surface area contributed by atoms with E-state index in [2.05, 4.69) is 25.8 Å². The predicted molar refractivity (Wildman–Crippen MR) is 100 cm³/mol. The number of nitrogens with zero attached hydrogens (tertiary/aromatic N) is 4. The lowest BCUT2D eigenvalue weighted by atomic mass is 10.0. The molecule has 134 valence electrons. The van der Waals surface area contributed by atoms with E-state index < -0.39 is 0 Å². The summed E-state index contributed by atoms with van der Waals surface area (Å²) in [5.41, 5.74) is 0. The van der Waals surface area contributed by atoms with E-state index in [0.29, 0.717) is 6.04 Å². The van der Waals surface area contributed by atoms with E-state index in [1.54, 1.807) is 6.26 Å². The van der Waals surface area contributed by atoms with Crippen LogP contribution in [0.25, 0.3) is 0 Å². The minimum absolute atomic E-state index is 0.703. The Hall–Kier alpha value is -1.56. The largest absolute Gasteiger partial charge is 0.468 e. The van der Waals surface area contributed by atoms with Gasteiger partial charge < -0.3 is 9.32 Å². The summed E-state index contributed by atoms with van der Waals surface area (Å²) < 4.78 is 5.47. The minimum Gasteiger partial charge on any atom is -0.468 e. The molecule has 0 unspecified atom stereocenters. The zero-order valence-electron chi connectivity index (χ0n) is 14.5. The number of aromatic nitrogens is 1. The molecule has 2 saturated heterocycles. The third kappa shape index (κ3) is 4.00. The van der Waals surface area contributed by atoms with Crippen molar-refractivity contribution in [3.8, 4) is 0 Å². The monoisotopic (exact) mass is 360 g/mol. The van der Waals surface area contributed by atoms with Crippen molar-refractivity contribution in [2.45, 2.75) is 25.4 Å².